The van der Waals surface area contributed by atoms with Crippen molar-refractivity contribution in [3.63, 3.8) is 0 Å². The van der Waals surface area contributed by atoms with Crippen LogP contribution in [0.15, 0.2) is 24.3 Å². The van der Waals surface area contributed by atoms with Crippen molar-refractivity contribution in [2.45, 2.75) is 32.7 Å². The van der Waals surface area contributed by atoms with Crippen molar-refractivity contribution >= 4 is 5.91 Å². The number of aromatic nitrogens is 2. The summed E-state index contributed by atoms with van der Waals surface area (Å²) in [7, 11) is 0. The summed E-state index contributed by atoms with van der Waals surface area (Å²) >= 11 is 0. The first-order chi connectivity index (χ1) is 10.7. The first kappa shape index (κ1) is 14.8. The van der Waals surface area contributed by atoms with Crippen molar-refractivity contribution in [2.75, 3.05) is 13.1 Å². The molecule has 2 aromatic rings. The maximum atomic E-state index is 12.6. The highest BCUT2D eigenvalue weighted by atomic mass is 16.1. The Morgan fingerprint density at radius 2 is 2.18 bits per heavy atom. The predicted molar refractivity (Wildman–Crippen MR) is 85.9 cm³/mol. The van der Waals surface area contributed by atoms with Gasteiger partial charge in [-0.2, -0.15) is 5.10 Å². The van der Waals surface area contributed by atoms with Crippen LogP contribution in [0.1, 0.15) is 45.2 Å². The van der Waals surface area contributed by atoms with Crippen LogP contribution in [0.2, 0.25) is 0 Å². The summed E-state index contributed by atoms with van der Waals surface area (Å²) in [6, 6.07) is 7.92. The summed E-state index contributed by atoms with van der Waals surface area (Å²) in [5, 5.41) is 13.5. The Bertz CT molecular complexity index is 652. The number of hydrogen-bond acceptors (Lipinski definition) is 3. The first-order valence-electron chi connectivity index (χ1n) is 7.75. The number of aryl methyl sites for hydroxylation is 2. The SMILES string of the molecule is Cc1n[nH]c(C)c1CNC(=O)c1ccccc1[C@@H]1CCNC1. The number of carbonyl (C=O) groups is 1. The molecule has 22 heavy (non-hydrogen) atoms. The summed E-state index contributed by atoms with van der Waals surface area (Å²) in [4.78, 5) is 12.6. The van der Waals surface area contributed by atoms with Gasteiger partial charge < -0.3 is 10.6 Å². The Morgan fingerprint density at radius 1 is 1.36 bits per heavy atom. The number of aromatic amines is 1. The van der Waals surface area contributed by atoms with Gasteiger partial charge in [-0.15, -0.1) is 0 Å². The smallest absolute Gasteiger partial charge is 0.251 e. The van der Waals surface area contributed by atoms with Crippen LogP contribution in [0.5, 0.6) is 0 Å². The second-order valence-electron chi connectivity index (χ2n) is 5.87. The fraction of sp³-hybridized carbons (Fsp3) is 0.412. The van der Waals surface area contributed by atoms with Gasteiger partial charge in [-0.1, -0.05) is 18.2 Å². The summed E-state index contributed by atoms with van der Waals surface area (Å²) in [6.07, 6.45) is 1.09. The standard InChI is InChI=1S/C17H22N4O/c1-11-16(12(2)21-20-11)10-19-17(22)15-6-4-3-5-14(15)13-7-8-18-9-13/h3-6,13,18H,7-10H2,1-2H3,(H,19,22)(H,20,21)/t13-/m1/s1. The molecule has 0 radical (unpaired) electrons. The summed E-state index contributed by atoms with van der Waals surface area (Å²) in [5.41, 5.74) is 4.94. The summed E-state index contributed by atoms with van der Waals surface area (Å²) in [6.45, 7) is 6.39. The van der Waals surface area contributed by atoms with E-state index in [1.165, 1.54) is 0 Å². The molecule has 5 nitrogen and oxygen atoms in total. The van der Waals surface area contributed by atoms with Crippen LogP contribution in [0.4, 0.5) is 0 Å². The largest absolute Gasteiger partial charge is 0.348 e. The summed E-state index contributed by atoms with van der Waals surface area (Å²) in [5.74, 6) is 0.418. The van der Waals surface area contributed by atoms with Crippen LogP contribution in [0.25, 0.3) is 0 Å². The van der Waals surface area contributed by atoms with Crippen molar-refractivity contribution in [2.24, 2.45) is 0 Å². The van der Waals surface area contributed by atoms with Gasteiger partial charge in [0.2, 0.25) is 0 Å². The molecule has 1 aromatic carbocycles. The Hall–Kier alpha value is -2.14. The summed E-state index contributed by atoms with van der Waals surface area (Å²) < 4.78 is 0. The topological polar surface area (TPSA) is 69.8 Å². The average Bonchev–Trinajstić information content (AvgIpc) is 3.16. The normalized spacial score (nSPS) is 17.6. The van der Waals surface area contributed by atoms with Crippen LogP contribution >= 0.6 is 0 Å². The third-order valence-corrected chi connectivity index (χ3v) is 4.41. The van der Waals surface area contributed by atoms with Crippen LogP contribution in [-0.4, -0.2) is 29.2 Å². The predicted octanol–water partition coefficient (Wildman–Crippen LogP) is 2.03. The highest BCUT2D eigenvalue weighted by molar-refractivity contribution is 5.95. The van der Waals surface area contributed by atoms with E-state index in [-0.39, 0.29) is 5.91 Å². The molecule has 0 unspecified atom stereocenters. The Balaban J connectivity index is 1.75. The molecule has 1 aliphatic rings. The highest BCUT2D eigenvalue weighted by Crippen LogP contribution is 2.25. The molecule has 116 valence electrons. The molecule has 2 heterocycles. The lowest BCUT2D eigenvalue weighted by molar-refractivity contribution is 0.0949. The number of nitrogens with zero attached hydrogens (tertiary/aromatic N) is 1. The maximum Gasteiger partial charge on any atom is 0.251 e. The minimum atomic E-state index is -0.0116. The molecule has 1 aliphatic heterocycles. The van der Waals surface area contributed by atoms with E-state index in [1.807, 2.05) is 32.0 Å². The van der Waals surface area contributed by atoms with Crippen LogP contribution in [0, 0.1) is 13.8 Å². The number of amides is 1. The van der Waals surface area contributed by atoms with E-state index in [4.69, 9.17) is 0 Å². The Morgan fingerprint density at radius 3 is 2.86 bits per heavy atom. The van der Waals surface area contributed by atoms with Gasteiger partial charge in [0.15, 0.2) is 0 Å². The Kier molecular flexibility index (Phi) is 4.24. The number of nitrogens with one attached hydrogen (secondary N) is 3. The van der Waals surface area contributed by atoms with E-state index in [0.29, 0.717) is 12.5 Å². The van der Waals surface area contributed by atoms with E-state index in [2.05, 4.69) is 26.9 Å². The molecule has 0 bridgehead atoms. The lowest BCUT2D eigenvalue weighted by Crippen LogP contribution is -2.25. The zero-order valence-corrected chi connectivity index (χ0v) is 13.1. The van der Waals surface area contributed by atoms with Crippen molar-refractivity contribution < 1.29 is 4.79 Å². The second-order valence-corrected chi connectivity index (χ2v) is 5.87. The van der Waals surface area contributed by atoms with Crippen LogP contribution in [-0.2, 0) is 6.54 Å². The highest BCUT2D eigenvalue weighted by Gasteiger charge is 2.22. The minimum absolute atomic E-state index is 0.0116. The van der Waals surface area contributed by atoms with Gasteiger partial charge in [0.25, 0.3) is 5.91 Å². The molecule has 3 N–H and O–H groups in total. The van der Waals surface area contributed by atoms with Crippen LogP contribution < -0.4 is 10.6 Å². The van der Waals surface area contributed by atoms with Gasteiger partial charge in [-0.3, -0.25) is 9.89 Å². The number of carbonyl (C=O) groups excluding carboxylic acids is 1. The fourth-order valence-corrected chi connectivity index (χ4v) is 3.08. The van der Waals surface area contributed by atoms with E-state index < -0.39 is 0 Å². The lowest BCUT2D eigenvalue weighted by atomic mass is 9.93. The van der Waals surface area contributed by atoms with E-state index in [9.17, 15) is 4.79 Å². The molecule has 1 amide bonds. The molecule has 1 saturated heterocycles. The zero-order valence-electron chi connectivity index (χ0n) is 13.1. The molecule has 0 spiro atoms. The molecule has 1 aromatic heterocycles. The zero-order chi connectivity index (χ0) is 15.5. The monoisotopic (exact) mass is 298 g/mol. The fourth-order valence-electron chi connectivity index (χ4n) is 3.08. The third-order valence-electron chi connectivity index (χ3n) is 4.41. The molecule has 3 rings (SSSR count). The quantitative estimate of drug-likeness (QED) is 0.809. The van der Waals surface area contributed by atoms with Crippen molar-refractivity contribution in [3.05, 3.63) is 52.3 Å². The van der Waals surface area contributed by atoms with Crippen LogP contribution in [0.3, 0.4) is 0 Å². The van der Waals surface area contributed by atoms with Crippen molar-refractivity contribution in [1.29, 1.82) is 0 Å². The molecule has 1 atom stereocenters. The van der Waals surface area contributed by atoms with Gasteiger partial charge in [0, 0.05) is 29.9 Å². The molecular weight excluding hydrogens is 276 g/mol. The first-order valence-corrected chi connectivity index (χ1v) is 7.75. The number of hydrogen-bond donors (Lipinski definition) is 3. The number of benzene rings is 1. The van der Waals surface area contributed by atoms with Gasteiger partial charge in [0.05, 0.1) is 5.69 Å². The average molecular weight is 298 g/mol. The second kappa shape index (κ2) is 6.32. The molecule has 1 fully saturated rings. The van der Waals surface area contributed by atoms with Gasteiger partial charge in [-0.25, -0.2) is 0 Å². The third kappa shape index (κ3) is 2.90. The Labute approximate surface area is 130 Å². The maximum absolute atomic E-state index is 12.6. The number of rotatable bonds is 4. The van der Waals surface area contributed by atoms with Gasteiger partial charge in [-0.05, 0) is 44.4 Å². The van der Waals surface area contributed by atoms with E-state index in [0.717, 1.165) is 47.6 Å². The molecule has 5 heteroatoms. The van der Waals surface area contributed by atoms with Crippen molar-refractivity contribution in [1.82, 2.24) is 20.8 Å². The minimum Gasteiger partial charge on any atom is -0.348 e. The van der Waals surface area contributed by atoms with Crippen molar-refractivity contribution in [3.8, 4) is 0 Å². The molecule has 0 aliphatic carbocycles. The van der Waals surface area contributed by atoms with E-state index in [1.54, 1.807) is 0 Å². The molecule has 0 saturated carbocycles. The van der Waals surface area contributed by atoms with Gasteiger partial charge in [0.1, 0.15) is 0 Å². The lowest BCUT2D eigenvalue weighted by Gasteiger charge is -2.14. The number of H-pyrrole nitrogens is 1. The van der Waals surface area contributed by atoms with E-state index >= 15 is 0 Å². The van der Waals surface area contributed by atoms with Gasteiger partial charge >= 0.3 is 0 Å². The molecular formula is C17H22N4O.